The van der Waals surface area contributed by atoms with Gasteiger partial charge in [0.05, 0.1) is 0 Å². The second-order valence-corrected chi connectivity index (χ2v) is 8.42. The van der Waals surface area contributed by atoms with Gasteiger partial charge in [-0.05, 0) is 13.3 Å². The van der Waals surface area contributed by atoms with Gasteiger partial charge >= 0.3 is 0 Å². The van der Waals surface area contributed by atoms with Gasteiger partial charge in [0.15, 0.2) is 5.82 Å². The lowest BCUT2D eigenvalue weighted by molar-refractivity contribution is 0.340. The highest BCUT2D eigenvalue weighted by atomic mass is 32.2. The number of thioether (sulfide) groups is 1. The van der Waals surface area contributed by atoms with Crippen LogP contribution in [0.2, 0.25) is 0 Å². The highest BCUT2D eigenvalue weighted by molar-refractivity contribution is 8.00. The molecule has 114 valence electrons. The summed E-state index contributed by atoms with van der Waals surface area (Å²) >= 11 is 1.80. The van der Waals surface area contributed by atoms with Gasteiger partial charge in [0.1, 0.15) is 4.90 Å². The number of hydrogen-bond donors (Lipinski definition) is 1. The molecule has 0 bridgehead atoms. The molecule has 0 spiro atoms. The molecular formula is C12H22N4O2S2. The van der Waals surface area contributed by atoms with Crippen LogP contribution >= 0.6 is 11.8 Å². The molecule has 20 heavy (non-hydrogen) atoms. The summed E-state index contributed by atoms with van der Waals surface area (Å²) in [5.41, 5.74) is 5.80. The van der Waals surface area contributed by atoms with Gasteiger partial charge in [-0.25, -0.2) is 8.42 Å². The molecular weight excluding hydrogens is 296 g/mol. The fourth-order valence-electron chi connectivity index (χ4n) is 2.33. The van der Waals surface area contributed by atoms with Crippen molar-refractivity contribution in [2.45, 2.75) is 49.9 Å². The second-order valence-electron chi connectivity index (χ2n) is 5.07. The number of aromatic nitrogens is 2. The molecule has 2 heterocycles. The molecule has 2 N–H and O–H groups in total. The first-order valence-electron chi connectivity index (χ1n) is 6.84. The number of anilines is 1. The van der Waals surface area contributed by atoms with E-state index in [0.717, 1.165) is 12.2 Å². The van der Waals surface area contributed by atoms with Crippen LogP contribution < -0.4 is 5.73 Å². The predicted molar refractivity (Wildman–Crippen MR) is 82.2 cm³/mol. The van der Waals surface area contributed by atoms with Crippen LogP contribution in [0.25, 0.3) is 0 Å². The maximum absolute atomic E-state index is 12.8. The van der Waals surface area contributed by atoms with Gasteiger partial charge in [0, 0.05) is 36.3 Å². The maximum Gasteiger partial charge on any atom is 0.248 e. The molecule has 0 aliphatic carbocycles. The Morgan fingerprint density at radius 1 is 1.50 bits per heavy atom. The zero-order valence-corrected chi connectivity index (χ0v) is 13.7. The van der Waals surface area contributed by atoms with E-state index in [4.69, 9.17) is 5.73 Å². The third kappa shape index (κ3) is 2.82. The molecule has 1 aliphatic rings. The van der Waals surface area contributed by atoms with E-state index in [1.807, 2.05) is 13.8 Å². The van der Waals surface area contributed by atoms with Gasteiger partial charge in [-0.1, -0.05) is 13.8 Å². The molecule has 2 unspecified atom stereocenters. The number of nitrogens with two attached hydrogens (primary N) is 1. The topological polar surface area (TPSA) is 81.2 Å². The van der Waals surface area contributed by atoms with Crippen LogP contribution in [0.5, 0.6) is 0 Å². The molecule has 0 radical (unpaired) electrons. The average Bonchev–Trinajstić information content (AvgIpc) is 2.75. The quantitative estimate of drug-likeness (QED) is 0.907. The molecule has 0 saturated carbocycles. The molecule has 2 rings (SSSR count). The Hall–Kier alpha value is -0.730. The Kier molecular flexibility index (Phi) is 4.66. The molecule has 1 fully saturated rings. The van der Waals surface area contributed by atoms with Gasteiger partial charge in [-0.3, -0.25) is 4.68 Å². The first-order chi connectivity index (χ1) is 9.37. The minimum Gasteiger partial charge on any atom is -0.381 e. The fourth-order valence-corrected chi connectivity index (χ4v) is 5.39. The van der Waals surface area contributed by atoms with Crippen LogP contribution in [-0.2, 0) is 16.6 Å². The summed E-state index contributed by atoms with van der Waals surface area (Å²) in [7, 11) is -3.56. The van der Waals surface area contributed by atoms with Crippen molar-refractivity contribution < 1.29 is 8.42 Å². The number of nitrogens with zero attached hydrogens (tertiary/aromatic N) is 3. The molecule has 1 aromatic rings. The number of sulfonamides is 1. The van der Waals surface area contributed by atoms with Crippen molar-refractivity contribution in [3.8, 4) is 0 Å². The third-order valence-corrected chi connectivity index (χ3v) is 6.96. The highest BCUT2D eigenvalue weighted by Crippen LogP contribution is 2.30. The smallest absolute Gasteiger partial charge is 0.248 e. The lowest BCUT2D eigenvalue weighted by Crippen LogP contribution is -2.47. The summed E-state index contributed by atoms with van der Waals surface area (Å²) in [4.78, 5) is 0.136. The zero-order chi connectivity index (χ0) is 14.9. The van der Waals surface area contributed by atoms with Crippen LogP contribution in [0, 0.1) is 0 Å². The lowest BCUT2D eigenvalue weighted by Gasteiger charge is -2.36. The van der Waals surface area contributed by atoms with Crippen molar-refractivity contribution >= 4 is 27.6 Å². The van der Waals surface area contributed by atoms with Gasteiger partial charge in [-0.2, -0.15) is 21.2 Å². The van der Waals surface area contributed by atoms with Crippen molar-refractivity contribution in [1.82, 2.24) is 14.1 Å². The normalized spacial score (nSPS) is 24.9. The lowest BCUT2D eigenvalue weighted by atomic mass is 10.2. The van der Waals surface area contributed by atoms with Gasteiger partial charge in [0.2, 0.25) is 10.0 Å². The fraction of sp³-hybridized carbons (Fsp3) is 0.750. The summed E-state index contributed by atoms with van der Waals surface area (Å²) in [5, 5.41) is 4.37. The minimum absolute atomic E-state index is 0.0346. The minimum atomic E-state index is -3.56. The largest absolute Gasteiger partial charge is 0.381 e. The third-order valence-electron chi connectivity index (χ3n) is 3.62. The molecule has 0 aromatic carbocycles. The van der Waals surface area contributed by atoms with Crippen LogP contribution in [0.3, 0.4) is 0 Å². The van der Waals surface area contributed by atoms with E-state index >= 15 is 0 Å². The first-order valence-corrected chi connectivity index (χ1v) is 9.33. The monoisotopic (exact) mass is 318 g/mol. The summed E-state index contributed by atoms with van der Waals surface area (Å²) in [6.45, 7) is 7.21. The van der Waals surface area contributed by atoms with E-state index in [0.29, 0.717) is 13.1 Å². The van der Waals surface area contributed by atoms with Crippen molar-refractivity contribution in [3.63, 3.8) is 0 Å². The number of aryl methyl sites for hydroxylation is 1. The van der Waals surface area contributed by atoms with Crippen molar-refractivity contribution in [2.75, 3.05) is 18.0 Å². The van der Waals surface area contributed by atoms with Crippen LogP contribution in [-0.4, -0.2) is 46.1 Å². The number of hydrogen-bond acceptors (Lipinski definition) is 5. The van der Waals surface area contributed by atoms with Gasteiger partial charge in [0.25, 0.3) is 0 Å². The van der Waals surface area contributed by atoms with E-state index in [-0.39, 0.29) is 22.0 Å². The Bertz CT molecular complexity index is 570. The van der Waals surface area contributed by atoms with Crippen molar-refractivity contribution in [1.29, 1.82) is 0 Å². The molecule has 1 aromatic heterocycles. The standard InChI is InChI=1S/C12H22N4O2S2/c1-4-5-15-8-11(12(13)14-15)20(17,18)16-6-7-19-10(3)9(16)2/h8-10H,4-7H2,1-3H3,(H2,13,14). The van der Waals surface area contributed by atoms with Gasteiger partial charge in [-0.15, -0.1) is 0 Å². The van der Waals surface area contributed by atoms with E-state index < -0.39 is 10.0 Å². The molecule has 2 atom stereocenters. The van der Waals surface area contributed by atoms with Gasteiger partial charge < -0.3 is 5.73 Å². The Morgan fingerprint density at radius 3 is 2.85 bits per heavy atom. The van der Waals surface area contributed by atoms with Crippen molar-refractivity contribution in [3.05, 3.63) is 6.20 Å². The molecule has 0 amide bonds. The molecule has 1 saturated heterocycles. The summed E-state index contributed by atoms with van der Waals surface area (Å²) in [6.07, 6.45) is 2.43. The molecule has 8 heteroatoms. The molecule has 6 nitrogen and oxygen atoms in total. The number of rotatable bonds is 4. The summed E-state index contributed by atoms with van der Waals surface area (Å²) in [5.74, 6) is 0.907. The average molecular weight is 318 g/mol. The SMILES string of the molecule is CCCn1cc(S(=O)(=O)N2CCSC(C)C2C)c(N)n1. The van der Waals surface area contributed by atoms with Crippen LogP contribution in [0.4, 0.5) is 5.82 Å². The van der Waals surface area contributed by atoms with Crippen molar-refractivity contribution in [2.24, 2.45) is 0 Å². The number of nitrogen functional groups attached to an aromatic ring is 1. The van der Waals surface area contributed by atoms with E-state index in [9.17, 15) is 8.42 Å². The maximum atomic E-state index is 12.8. The van der Waals surface area contributed by atoms with E-state index in [1.54, 1.807) is 26.9 Å². The predicted octanol–water partition coefficient (Wildman–Crippen LogP) is 1.39. The Morgan fingerprint density at radius 2 is 2.20 bits per heavy atom. The van der Waals surface area contributed by atoms with E-state index in [1.165, 1.54) is 0 Å². The zero-order valence-electron chi connectivity index (χ0n) is 12.1. The Labute approximate surface area is 124 Å². The summed E-state index contributed by atoms with van der Waals surface area (Å²) in [6, 6.07) is -0.0346. The van der Waals surface area contributed by atoms with Crippen LogP contribution in [0.1, 0.15) is 27.2 Å². The first kappa shape index (κ1) is 15.7. The highest BCUT2D eigenvalue weighted by Gasteiger charge is 2.36. The molecule has 1 aliphatic heterocycles. The van der Waals surface area contributed by atoms with Crippen LogP contribution in [0.15, 0.2) is 11.1 Å². The Balaban J connectivity index is 2.34. The second kappa shape index (κ2) is 5.95. The van der Waals surface area contributed by atoms with E-state index in [2.05, 4.69) is 12.0 Å². The summed E-state index contributed by atoms with van der Waals surface area (Å²) < 4.78 is 28.7.